The van der Waals surface area contributed by atoms with E-state index in [0.717, 1.165) is 9.35 Å². The lowest BCUT2D eigenvalue weighted by Crippen LogP contribution is -2.05. The van der Waals surface area contributed by atoms with Crippen LogP contribution in [0.2, 0.25) is 0 Å². The van der Waals surface area contributed by atoms with Crippen molar-refractivity contribution < 1.29 is 5.11 Å². The predicted octanol–water partition coefficient (Wildman–Crippen LogP) is 2.49. The third kappa shape index (κ3) is 2.80. The van der Waals surface area contributed by atoms with E-state index in [1.807, 2.05) is 13.0 Å². The molecule has 70 valence electrons. The summed E-state index contributed by atoms with van der Waals surface area (Å²) in [5.41, 5.74) is 0. The smallest absolute Gasteiger partial charge is 0.0742 e. The summed E-state index contributed by atoms with van der Waals surface area (Å²) in [4.78, 5) is 2.36. The monoisotopic (exact) mass is 259 g/mol. The van der Waals surface area contributed by atoms with Crippen molar-refractivity contribution in [2.75, 3.05) is 6.61 Å². The van der Waals surface area contributed by atoms with E-state index in [0.29, 0.717) is 6.42 Å². The van der Waals surface area contributed by atoms with Crippen LogP contribution in [0.15, 0.2) is 10.5 Å². The van der Waals surface area contributed by atoms with Gasteiger partial charge in [0.05, 0.1) is 18.6 Å². The Hall–Kier alpha value is -0.370. The van der Waals surface area contributed by atoms with Gasteiger partial charge in [-0.3, -0.25) is 0 Å². The van der Waals surface area contributed by atoms with E-state index in [9.17, 15) is 0 Å². The van der Waals surface area contributed by atoms with Crippen LogP contribution >= 0.6 is 27.3 Å². The number of rotatable bonds is 3. The summed E-state index contributed by atoms with van der Waals surface area (Å²) < 4.78 is 1.09. The van der Waals surface area contributed by atoms with Crippen LogP contribution in [0.25, 0.3) is 0 Å². The van der Waals surface area contributed by atoms with Crippen LogP contribution in [0.3, 0.4) is 0 Å². The Kier molecular flexibility index (Phi) is 3.91. The van der Waals surface area contributed by atoms with Crippen molar-refractivity contribution in [3.8, 4) is 6.07 Å². The fraction of sp³-hybridized carbons (Fsp3) is 0.444. The van der Waals surface area contributed by atoms with E-state index in [4.69, 9.17) is 10.4 Å². The Morgan fingerprint density at radius 3 is 2.85 bits per heavy atom. The molecule has 0 fully saturated rings. The molecule has 1 aromatic rings. The molecule has 0 radical (unpaired) electrons. The molecule has 0 saturated carbocycles. The van der Waals surface area contributed by atoms with Gasteiger partial charge in [-0.25, -0.2) is 0 Å². The number of nitrogens with zero attached hydrogens (tertiary/aromatic N) is 1. The molecule has 0 aliphatic carbocycles. The molecule has 0 aliphatic heterocycles. The molecule has 0 saturated heterocycles. The molecule has 1 heterocycles. The summed E-state index contributed by atoms with van der Waals surface area (Å²) in [6, 6.07) is 4.08. The summed E-state index contributed by atoms with van der Waals surface area (Å²) in [5.74, 6) is -0.273. The fourth-order valence-electron chi connectivity index (χ4n) is 1.01. The van der Waals surface area contributed by atoms with Crippen LogP contribution in [0, 0.1) is 24.2 Å². The zero-order valence-electron chi connectivity index (χ0n) is 7.25. The maximum atomic E-state index is 8.83. The summed E-state index contributed by atoms with van der Waals surface area (Å²) in [6.45, 7) is 1.96. The highest BCUT2D eigenvalue weighted by Gasteiger charge is 2.10. The van der Waals surface area contributed by atoms with Crippen LogP contribution in [-0.4, -0.2) is 11.7 Å². The second-order valence-corrected chi connectivity index (χ2v) is 5.02. The Bertz CT molecular complexity index is 309. The number of aliphatic hydroxyl groups excluding tert-OH is 1. The van der Waals surface area contributed by atoms with E-state index in [-0.39, 0.29) is 12.5 Å². The van der Waals surface area contributed by atoms with Gasteiger partial charge in [-0.05, 0) is 35.3 Å². The predicted molar refractivity (Wildman–Crippen MR) is 56.6 cm³/mol. The van der Waals surface area contributed by atoms with Crippen molar-refractivity contribution in [3.63, 3.8) is 0 Å². The normalized spacial score (nSPS) is 12.5. The van der Waals surface area contributed by atoms with E-state index >= 15 is 0 Å². The van der Waals surface area contributed by atoms with Gasteiger partial charge in [0.25, 0.3) is 0 Å². The third-order valence-corrected chi connectivity index (χ3v) is 3.92. The highest BCUT2D eigenvalue weighted by atomic mass is 79.9. The maximum Gasteiger partial charge on any atom is 0.0742 e. The molecular formula is C9H10BrNOS. The molecule has 0 aliphatic rings. The zero-order chi connectivity index (χ0) is 9.84. The number of hydrogen-bond donors (Lipinski definition) is 1. The minimum absolute atomic E-state index is 0.0644. The number of thiophene rings is 1. The number of nitriles is 1. The molecule has 2 nitrogen and oxygen atoms in total. The summed E-state index contributed by atoms with van der Waals surface area (Å²) in [7, 11) is 0. The number of aryl methyl sites for hydroxylation is 1. The van der Waals surface area contributed by atoms with Gasteiger partial charge < -0.3 is 5.11 Å². The quantitative estimate of drug-likeness (QED) is 0.907. The first-order valence-electron chi connectivity index (χ1n) is 3.92. The Balaban J connectivity index is 2.69. The van der Waals surface area contributed by atoms with Crippen molar-refractivity contribution in [2.24, 2.45) is 5.92 Å². The Morgan fingerprint density at radius 2 is 2.46 bits per heavy atom. The summed E-state index contributed by atoms with van der Waals surface area (Å²) >= 11 is 5.08. The molecule has 1 atom stereocenters. The molecule has 0 aromatic carbocycles. The van der Waals surface area contributed by atoms with E-state index < -0.39 is 0 Å². The molecule has 0 spiro atoms. The maximum absolute atomic E-state index is 8.83. The molecule has 1 N–H and O–H groups in total. The van der Waals surface area contributed by atoms with Crippen LogP contribution in [-0.2, 0) is 6.42 Å². The minimum atomic E-state index is -0.273. The van der Waals surface area contributed by atoms with E-state index in [1.54, 1.807) is 11.3 Å². The first-order valence-corrected chi connectivity index (χ1v) is 5.53. The van der Waals surface area contributed by atoms with Crippen molar-refractivity contribution in [2.45, 2.75) is 13.3 Å². The number of halogens is 1. The zero-order valence-corrected chi connectivity index (χ0v) is 9.65. The van der Waals surface area contributed by atoms with Gasteiger partial charge in [0.15, 0.2) is 0 Å². The Morgan fingerprint density at radius 1 is 1.77 bits per heavy atom. The summed E-state index contributed by atoms with van der Waals surface area (Å²) in [6.07, 6.45) is 0.643. The summed E-state index contributed by atoms with van der Waals surface area (Å²) in [5, 5.41) is 17.5. The molecule has 0 bridgehead atoms. The SMILES string of the molecule is Cc1sc(C[C@H](C#N)CO)cc1Br. The largest absolute Gasteiger partial charge is 0.395 e. The molecular weight excluding hydrogens is 250 g/mol. The minimum Gasteiger partial charge on any atom is -0.395 e. The topological polar surface area (TPSA) is 44.0 Å². The standard InChI is InChI=1S/C9H10BrNOS/c1-6-9(10)3-8(13-6)2-7(4-11)5-12/h3,7,12H,2,5H2,1H3/t7-/m1/s1. The number of aliphatic hydroxyl groups is 1. The molecule has 13 heavy (non-hydrogen) atoms. The van der Waals surface area contributed by atoms with Crippen molar-refractivity contribution in [1.29, 1.82) is 5.26 Å². The molecule has 1 aromatic heterocycles. The first kappa shape index (κ1) is 10.7. The van der Waals surface area contributed by atoms with Crippen molar-refractivity contribution in [1.82, 2.24) is 0 Å². The average Bonchev–Trinajstić information content (AvgIpc) is 2.42. The van der Waals surface area contributed by atoms with Gasteiger partial charge in [-0.2, -0.15) is 5.26 Å². The van der Waals surface area contributed by atoms with Gasteiger partial charge in [0, 0.05) is 14.2 Å². The fourth-order valence-corrected chi connectivity index (χ4v) is 2.69. The van der Waals surface area contributed by atoms with E-state index in [1.165, 1.54) is 4.88 Å². The first-order chi connectivity index (χ1) is 6.17. The highest BCUT2D eigenvalue weighted by molar-refractivity contribution is 9.10. The van der Waals surface area contributed by atoms with Gasteiger partial charge >= 0.3 is 0 Å². The second-order valence-electron chi connectivity index (χ2n) is 2.83. The molecule has 1 rings (SSSR count). The second kappa shape index (κ2) is 4.75. The van der Waals surface area contributed by atoms with Gasteiger partial charge in [0.1, 0.15) is 0 Å². The lowest BCUT2D eigenvalue weighted by molar-refractivity contribution is 0.256. The van der Waals surface area contributed by atoms with Crippen LogP contribution < -0.4 is 0 Å². The molecule has 0 amide bonds. The lowest BCUT2D eigenvalue weighted by atomic mass is 10.1. The van der Waals surface area contributed by atoms with Crippen LogP contribution in [0.1, 0.15) is 9.75 Å². The third-order valence-electron chi connectivity index (χ3n) is 1.76. The van der Waals surface area contributed by atoms with Gasteiger partial charge in [0.2, 0.25) is 0 Å². The lowest BCUT2D eigenvalue weighted by Gasteiger charge is -2.00. The van der Waals surface area contributed by atoms with Gasteiger partial charge in [-0.1, -0.05) is 0 Å². The van der Waals surface area contributed by atoms with E-state index in [2.05, 4.69) is 22.0 Å². The average molecular weight is 260 g/mol. The molecule has 4 heteroatoms. The van der Waals surface area contributed by atoms with Crippen LogP contribution in [0.5, 0.6) is 0 Å². The molecule has 0 unspecified atom stereocenters. The highest BCUT2D eigenvalue weighted by Crippen LogP contribution is 2.27. The van der Waals surface area contributed by atoms with Crippen molar-refractivity contribution >= 4 is 27.3 Å². The van der Waals surface area contributed by atoms with Gasteiger partial charge in [-0.15, -0.1) is 11.3 Å². The van der Waals surface area contributed by atoms with Crippen molar-refractivity contribution in [3.05, 3.63) is 20.3 Å². The Labute approximate surface area is 90.0 Å². The van der Waals surface area contributed by atoms with Crippen LogP contribution in [0.4, 0.5) is 0 Å². The number of hydrogen-bond acceptors (Lipinski definition) is 3.